The van der Waals surface area contributed by atoms with E-state index >= 15 is 4.39 Å². The molecule has 0 fully saturated rings. The molecule has 0 saturated heterocycles. The summed E-state index contributed by atoms with van der Waals surface area (Å²) in [6.07, 6.45) is 1.85. The molecule has 0 bridgehead atoms. The standard InChI is InChI=1S/C21H23Cl2FN2O2/c1-13-10-14(22)11-17(23)15(13)5-6-18(27)21(24)8-7-20(28,12-25-2)19-16(21)4-3-9-26-19/h3-4,9-11,25,28H,5-8,12H2,1-2H3. The highest BCUT2D eigenvalue weighted by molar-refractivity contribution is 6.35. The Bertz CT molecular complexity index is 885. The summed E-state index contributed by atoms with van der Waals surface area (Å²) in [4.78, 5) is 17.2. The highest BCUT2D eigenvalue weighted by atomic mass is 35.5. The largest absolute Gasteiger partial charge is 0.382 e. The zero-order valence-corrected chi connectivity index (χ0v) is 17.4. The molecule has 1 aliphatic carbocycles. The number of carbonyl (C=O) groups excluding carboxylic acids is 1. The van der Waals surface area contributed by atoms with Gasteiger partial charge >= 0.3 is 0 Å². The molecule has 0 amide bonds. The van der Waals surface area contributed by atoms with Crippen molar-refractivity contribution < 1.29 is 14.3 Å². The molecule has 0 spiro atoms. The van der Waals surface area contributed by atoms with E-state index < -0.39 is 17.1 Å². The number of rotatable bonds is 6. The molecule has 3 rings (SSSR count). The quantitative estimate of drug-likeness (QED) is 0.726. The third-order valence-electron chi connectivity index (χ3n) is 5.46. The molecule has 28 heavy (non-hydrogen) atoms. The summed E-state index contributed by atoms with van der Waals surface area (Å²) in [6.45, 7) is 2.10. The van der Waals surface area contributed by atoms with Crippen LogP contribution in [0.4, 0.5) is 4.39 Å². The minimum absolute atomic E-state index is 0.00250. The molecule has 7 heteroatoms. The number of carbonyl (C=O) groups is 1. The maximum absolute atomic E-state index is 15.9. The Morgan fingerprint density at radius 1 is 1.36 bits per heavy atom. The first kappa shape index (κ1) is 21.2. The zero-order chi connectivity index (χ0) is 20.5. The number of pyridine rings is 1. The van der Waals surface area contributed by atoms with Crippen LogP contribution in [0, 0.1) is 6.92 Å². The highest BCUT2D eigenvalue weighted by Crippen LogP contribution is 2.46. The van der Waals surface area contributed by atoms with Gasteiger partial charge in [0.2, 0.25) is 0 Å². The summed E-state index contributed by atoms with van der Waals surface area (Å²) in [5.74, 6) is -0.529. The molecular weight excluding hydrogens is 402 g/mol. The zero-order valence-electron chi connectivity index (χ0n) is 15.9. The Balaban J connectivity index is 1.87. The Labute approximate surface area is 174 Å². The van der Waals surface area contributed by atoms with Crippen molar-refractivity contribution in [2.75, 3.05) is 13.6 Å². The van der Waals surface area contributed by atoms with Crippen LogP contribution in [-0.4, -0.2) is 29.5 Å². The molecule has 0 radical (unpaired) electrons. The molecule has 2 atom stereocenters. The molecule has 2 unspecified atom stereocenters. The van der Waals surface area contributed by atoms with Gasteiger partial charge in [-0.2, -0.15) is 0 Å². The Hall–Kier alpha value is -1.53. The lowest BCUT2D eigenvalue weighted by molar-refractivity contribution is -0.134. The summed E-state index contributed by atoms with van der Waals surface area (Å²) in [6, 6.07) is 6.53. The molecule has 2 aromatic rings. The van der Waals surface area contributed by atoms with Crippen molar-refractivity contribution in [3.8, 4) is 0 Å². The normalized spacial score (nSPS) is 24.1. The number of likely N-dealkylation sites (N-methyl/N-ethyl adjacent to an activating group) is 1. The number of aliphatic hydroxyl groups is 1. The lowest BCUT2D eigenvalue weighted by Crippen LogP contribution is -2.47. The van der Waals surface area contributed by atoms with Gasteiger partial charge < -0.3 is 10.4 Å². The first-order chi connectivity index (χ1) is 13.2. The van der Waals surface area contributed by atoms with Crippen molar-refractivity contribution in [3.63, 3.8) is 0 Å². The SMILES string of the molecule is CNCC1(O)CCC(F)(C(=O)CCc2c(C)cc(Cl)cc2Cl)c2cccnc21. The predicted molar refractivity (Wildman–Crippen MR) is 109 cm³/mol. The second-order valence-electron chi connectivity index (χ2n) is 7.37. The minimum Gasteiger partial charge on any atom is -0.382 e. The molecule has 1 aromatic carbocycles. The number of ketones is 1. The number of halogens is 3. The van der Waals surface area contributed by atoms with Crippen molar-refractivity contribution in [1.82, 2.24) is 10.3 Å². The van der Waals surface area contributed by atoms with Gasteiger partial charge in [0.25, 0.3) is 0 Å². The minimum atomic E-state index is -2.17. The summed E-state index contributed by atoms with van der Waals surface area (Å²) in [5, 5.41) is 14.8. The number of benzene rings is 1. The average molecular weight is 425 g/mol. The van der Waals surface area contributed by atoms with Gasteiger partial charge in [-0.1, -0.05) is 29.3 Å². The molecule has 1 aliphatic rings. The van der Waals surface area contributed by atoms with Crippen LogP contribution < -0.4 is 5.32 Å². The summed E-state index contributed by atoms with van der Waals surface area (Å²) in [7, 11) is 1.71. The van der Waals surface area contributed by atoms with E-state index in [-0.39, 0.29) is 37.1 Å². The molecule has 150 valence electrons. The van der Waals surface area contributed by atoms with Crippen LogP contribution in [0.15, 0.2) is 30.5 Å². The van der Waals surface area contributed by atoms with Crippen molar-refractivity contribution >= 4 is 29.0 Å². The third kappa shape index (κ3) is 3.81. The number of hydrogen-bond acceptors (Lipinski definition) is 4. The first-order valence-electron chi connectivity index (χ1n) is 9.21. The van der Waals surface area contributed by atoms with Gasteiger partial charge in [0.1, 0.15) is 5.60 Å². The van der Waals surface area contributed by atoms with Gasteiger partial charge in [0, 0.05) is 34.8 Å². The van der Waals surface area contributed by atoms with Crippen LogP contribution in [0.25, 0.3) is 0 Å². The van der Waals surface area contributed by atoms with E-state index in [1.165, 1.54) is 6.20 Å². The fraction of sp³-hybridized carbons (Fsp3) is 0.429. The molecule has 0 saturated carbocycles. The number of aryl methyl sites for hydroxylation is 1. The summed E-state index contributed by atoms with van der Waals surface area (Å²) >= 11 is 12.2. The maximum atomic E-state index is 15.9. The van der Waals surface area contributed by atoms with E-state index in [0.717, 1.165) is 11.1 Å². The van der Waals surface area contributed by atoms with Crippen LogP contribution in [0.3, 0.4) is 0 Å². The Kier molecular flexibility index (Phi) is 6.11. The van der Waals surface area contributed by atoms with Crippen molar-refractivity contribution in [1.29, 1.82) is 0 Å². The fourth-order valence-electron chi connectivity index (χ4n) is 3.97. The van der Waals surface area contributed by atoms with Crippen LogP contribution in [0.5, 0.6) is 0 Å². The van der Waals surface area contributed by atoms with E-state index in [2.05, 4.69) is 10.3 Å². The Morgan fingerprint density at radius 2 is 2.11 bits per heavy atom. The van der Waals surface area contributed by atoms with Gasteiger partial charge in [-0.3, -0.25) is 9.78 Å². The molecule has 4 nitrogen and oxygen atoms in total. The number of alkyl halides is 1. The van der Waals surface area contributed by atoms with E-state index in [4.69, 9.17) is 23.2 Å². The third-order valence-corrected chi connectivity index (χ3v) is 6.01. The van der Waals surface area contributed by atoms with Crippen molar-refractivity contribution in [2.24, 2.45) is 0 Å². The van der Waals surface area contributed by atoms with Crippen LogP contribution in [0.1, 0.15) is 41.6 Å². The topological polar surface area (TPSA) is 62.2 Å². The highest BCUT2D eigenvalue weighted by Gasteiger charge is 2.51. The van der Waals surface area contributed by atoms with Crippen molar-refractivity contribution in [2.45, 2.75) is 43.9 Å². The van der Waals surface area contributed by atoms with Gasteiger partial charge in [-0.15, -0.1) is 0 Å². The van der Waals surface area contributed by atoms with E-state index in [1.54, 1.807) is 31.3 Å². The lowest BCUT2D eigenvalue weighted by Gasteiger charge is -2.39. The number of aromatic nitrogens is 1. The van der Waals surface area contributed by atoms with Crippen LogP contribution in [0.2, 0.25) is 10.0 Å². The lowest BCUT2D eigenvalue weighted by atomic mass is 9.72. The molecule has 1 aromatic heterocycles. The number of fused-ring (bicyclic) bond motifs is 1. The predicted octanol–water partition coefficient (Wildman–Crippen LogP) is 4.26. The molecule has 2 N–H and O–H groups in total. The number of nitrogens with zero attached hydrogens (tertiary/aromatic N) is 1. The van der Waals surface area contributed by atoms with Crippen LogP contribution in [-0.2, 0) is 22.5 Å². The van der Waals surface area contributed by atoms with Gasteiger partial charge in [0.15, 0.2) is 11.5 Å². The first-order valence-corrected chi connectivity index (χ1v) is 9.96. The second kappa shape index (κ2) is 8.07. The molecule has 1 heterocycles. The van der Waals surface area contributed by atoms with E-state index in [1.807, 2.05) is 6.92 Å². The van der Waals surface area contributed by atoms with Gasteiger partial charge in [-0.05, 0) is 62.6 Å². The van der Waals surface area contributed by atoms with Crippen molar-refractivity contribution in [3.05, 3.63) is 62.9 Å². The monoisotopic (exact) mass is 424 g/mol. The number of Topliss-reactive ketones (excluding diaryl/α,β-unsaturated/α-hetero) is 1. The molecular formula is C21H23Cl2FN2O2. The van der Waals surface area contributed by atoms with Gasteiger partial charge in [-0.25, -0.2) is 4.39 Å². The average Bonchev–Trinajstić information content (AvgIpc) is 2.64. The van der Waals surface area contributed by atoms with Gasteiger partial charge in [0.05, 0.1) is 5.69 Å². The maximum Gasteiger partial charge on any atom is 0.195 e. The number of nitrogens with one attached hydrogen (secondary N) is 1. The van der Waals surface area contributed by atoms with Crippen LogP contribution >= 0.6 is 23.2 Å². The second-order valence-corrected chi connectivity index (χ2v) is 8.21. The smallest absolute Gasteiger partial charge is 0.195 e. The van der Waals surface area contributed by atoms with E-state index in [9.17, 15) is 9.90 Å². The summed E-state index contributed by atoms with van der Waals surface area (Å²) < 4.78 is 15.9. The molecule has 0 aliphatic heterocycles. The number of hydrogen-bond donors (Lipinski definition) is 2. The van der Waals surface area contributed by atoms with E-state index in [0.29, 0.717) is 16.5 Å². The summed E-state index contributed by atoms with van der Waals surface area (Å²) in [5.41, 5.74) is -1.42. The fourth-order valence-corrected chi connectivity index (χ4v) is 4.66. The Morgan fingerprint density at radius 3 is 2.79 bits per heavy atom.